The van der Waals surface area contributed by atoms with Gasteiger partial charge < -0.3 is 5.32 Å². The zero-order valence-electron chi connectivity index (χ0n) is 9.13. The van der Waals surface area contributed by atoms with Gasteiger partial charge in [-0.25, -0.2) is 0 Å². The van der Waals surface area contributed by atoms with Gasteiger partial charge in [-0.15, -0.1) is 0 Å². The van der Waals surface area contributed by atoms with Gasteiger partial charge in [0.05, 0.1) is 0 Å². The third-order valence-corrected chi connectivity index (χ3v) is 4.87. The van der Waals surface area contributed by atoms with Crippen LogP contribution in [0.5, 0.6) is 0 Å². The van der Waals surface area contributed by atoms with E-state index in [0.29, 0.717) is 4.75 Å². The van der Waals surface area contributed by atoms with E-state index in [2.05, 4.69) is 27.5 Å². The molecule has 2 rings (SSSR count). The molecule has 1 aromatic carbocycles. The number of hydrogen-bond acceptors (Lipinski definition) is 2. The number of halogens is 1. The number of amides is 1. The van der Waals surface area contributed by atoms with Crippen LogP contribution < -0.4 is 5.32 Å². The van der Waals surface area contributed by atoms with E-state index in [1.165, 1.54) is 12.8 Å². The highest BCUT2D eigenvalue weighted by Crippen LogP contribution is 2.46. The second-order valence-electron chi connectivity index (χ2n) is 4.08. The number of nitrogens with one attached hydrogen (secondary N) is 1. The molecule has 0 radical (unpaired) electrons. The van der Waals surface area contributed by atoms with Crippen molar-refractivity contribution < 1.29 is 4.79 Å². The monoisotopic (exact) mass is 299 g/mol. The van der Waals surface area contributed by atoms with Crippen LogP contribution in [-0.2, 0) is 0 Å². The summed E-state index contributed by atoms with van der Waals surface area (Å²) in [5.41, 5.74) is 0.722. The van der Waals surface area contributed by atoms with Gasteiger partial charge in [-0.1, -0.05) is 15.9 Å². The van der Waals surface area contributed by atoms with Crippen molar-refractivity contribution in [3.05, 3.63) is 34.3 Å². The molecular weight excluding hydrogens is 286 g/mol. The lowest BCUT2D eigenvalue weighted by Gasteiger charge is -2.12. The van der Waals surface area contributed by atoms with Crippen molar-refractivity contribution in [2.45, 2.75) is 17.6 Å². The minimum absolute atomic E-state index is 0.0211. The van der Waals surface area contributed by atoms with Crippen molar-refractivity contribution in [3.8, 4) is 0 Å². The maximum absolute atomic E-state index is 11.8. The van der Waals surface area contributed by atoms with Crippen molar-refractivity contribution in [1.29, 1.82) is 0 Å². The topological polar surface area (TPSA) is 29.1 Å². The third kappa shape index (κ3) is 2.80. The van der Waals surface area contributed by atoms with Gasteiger partial charge in [-0.05, 0) is 43.4 Å². The van der Waals surface area contributed by atoms with Gasteiger partial charge in [0.15, 0.2) is 0 Å². The maximum atomic E-state index is 11.8. The summed E-state index contributed by atoms with van der Waals surface area (Å²) in [7, 11) is 0. The molecule has 0 saturated heterocycles. The highest BCUT2D eigenvalue weighted by Gasteiger charge is 2.41. The summed E-state index contributed by atoms with van der Waals surface area (Å²) < 4.78 is 1.32. The molecule has 1 amide bonds. The molecule has 4 heteroatoms. The van der Waals surface area contributed by atoms with Crippen LogP contribution in [0.25, 0.3) is 0 Å². The average Bonchev–Trinajstić information content (AvgIpc) is 3.08. The zero-order valence-corrected chi connectivity index (χ0v) is 11.5. The fourth-order valence-corrected chi connectivity index (χ4v) is 2.53. The Hall–Kier alpha value is -0.480. The molecule has 2 nitrogen and oxygen atoms in total. The second kappa shape index (κ2) is 4.80. The van der Waals surface area contributed by atoms with E-state index in [-0.39, 0.29) is 5.91 Å². The summed E-state index contributed by atoms with van der Waals surface area (Å²) in [6.07, 6.45) is 4.54. The molecule has 1 aliphatic rings. The summed E-state index contributed by atoms with van der Waals surface area (Å²) in [5.74, 6) is 0.0211. The third-order valence-electron chi connectivity index (χ3n) is 2.92. The predicted molar refractivity (Wildman–Crippen MR) is 72.0 cm³/mol. The molecule has 0 heterocycles. The van der Waals surface area contributed by atoms with Crippen LogP contribution in [0.15, 0.2) is 28.7 Å². The van der Waals surface area contributed by atoms with Crippen molar-refractivity contribution >= 4 is 33.6 Å². The van der Waals surface area contributed by atoms with Crippen LogP contribution in [0.1, 0.15) is 23.2 Å². The van der Waals surface area contributed by atoms with E-state index in [9.17, 15) is 4.79 Å². The highest BCUT2D eigenvalue weighted by molar-refractivity contribution is 9.10. The molecule has 0 unspecified atom stereocenters. The zero-order chi connectivity index (χ0) is 11.6. The standard InChI is InChI=1S/C12H14BrNOS/c1-16-12(6-7-12)8-14-11(15)9-2-4-10(13)5-3-9/h2-5H,6-8H2,1H3,(H,14,15). The molecule has 1 N–H and O–H groups in total. The number of benzene rings is 1. The van der Waals surface area contributed by atoms with E-state index in [4.69, 9.17) is 0 Å². The Balaban J connectivity index is 1.91. The summed E-state index contributed by atoms with van der Waals surface area (Å²) >= 11 is 5.21. The molecule has 1 fully saturated rings. The van der Waals surface area contributed by atoms with Gasteiger partial charge in [0.2, 0.25) is 0 Å². The summed E-state index contributed by atoms with van der Waals surface area (Å²) in [5, 5.41) is 3.00. The SMILES string of the molecule is CSC1(CNC(=O)c2ccc(Br)cc2)CC1. The lowest BCUT2D eigenvalue weighted by atomic mass is 10.2. The number of rotatable bonds is 4. The van der Waals surface area contributed by atoms with Gasteiger partial charge >= 0.3 is 0 Å². The predicted octanol–water partition coefficient (Wildman–Crippen LogP) is 3.07. The van der Waals surface area contributed by atoms with Crippen LogP contribution in [0.3, 0.4) is 0 Å². The lowest BCUT2D eigenvalue weighted by Crippen LogP contribution is -2.31. The fraction of sp³-hybridized carbons (Fsp3) is 0.417. The molecule has 0 bridgehead atoms. The number of carbonyl (C=O) groups excluding carboxylic acids is 1. The van der Waals surface area contributed by atoms with E-state index < -0.39 is 0 Å². The smallest absolute Gasteiger partial charge is 0.251 e. The maximum Gasteiger partial charge on any atom is 0.251 e. The van der Waals surface area contributed by atoms with Gasteiger partial charge in [-0.2, -0.15) is 11.8 Å². The first-order valence-electron chi connectivity index (χ1n) is 5.24. The van der Waals surface area contributed by atoms with Crippen molar-refractivity contribution in [2.75, 3.05) is 12.8 Å². The minimum Gasteiger partial charge on any atom is -0.351 e. The van der Waals surface area contributed by atoms with Crippen LogP contribution in [0.2, 0.25) is 0 Å². The number of carbonyl (C=O) groups is 1. The minimum atomic E-state index is 0.0211. The Bertz CT molecular complexity index is 387. The van der Waals surface area contributed by atoms with Crippen LogP contribution in [0.4, 0.5) is 0 Å². The second-order valence-corrected chi connectivity index (χ2v) is 6.27. The molecule has 16 heavy (non-hydrogen) atoms. The molecule has 1 saturated carbocycles. The lowest BCUT2D eigenvalue weighted by molar-refractivity contribution is 0.0953. The highest BCUT2D eigenvalue weighted by atomic mass is 79.9. The molecule has 0 spiro atoms. The van der Waals surface area contributed by atoms with E-state index >= 15 is 0 Å². The van der Waals surface area contributed by atoms with E-state index in [1.54, 1.807) is 0 Å². The van der Waals surface area contributed by atoms with Gasteiger partial charge in [0.1, 0.15) is 0 Å². The van der Waals surface area contributed by atoms with Crippen LogP contribution in [0, 0.1) is 0 Å². The number of hydrogen-bond donors (Lipinski definition) is 1. The van der Waals surface area contributed by atoms with Crippen molar-refractivity contribution in [1.82, 2.24) is 5.32 Å². The Morgan fingerprint density at radius 1 is 1.44 bits per heavy atom. The van der Waals surface area contributed by atoms with Crippen molar-refractivity contribution in [2.24, 2.45) is 0 Å². The molecule has 0 atom stereocenters. The largest absolute Gasteiger partial charge is 0.351 e. The Morgan fingerprint density at radius 2 is 2.06 bits per heavy atom. The quantitative estimate of drug-likeness (QED) is 0.926. The van der Waals surface area contributed by atoms with E-state index in [1.807, 2.05) is 36.0 Å². The normalized spacial score (nSPS) is 16.9. The summed E-state index contributed by atoms with van der Waals surface area (Å²) in [4.78, 5) is 11.8. The first-order valence-corrected chi connectivity index (χ1v) is 7.26. The molecule has 0 aliphatic heterocycles. The van der Waals surface area contributed by atoms with Gasteiger partial charge in [0.25, 0.3) is 5.91 Å². The first kappa shape index (κ1) is 12.0. The van der Waals surface area contributed by atoms with Crippen LogP contribution >= 0.6 is 27.7 Å². The van der Waals surface area contributed by atoms with Gasteiger partial charge in [0, 0.05) is 21.3 Å². The molecule has 1 aromatic rings. The molecule has 86 valence electrons. The van der Waals surface area contributed by atoms with Crippen molar-refractivity contribution in [3.63, 3.8) is 0 Å². The average molecular weight is 300 g/mol. The Morgan fingerprint density at radius 3 is 2.56 bits per heavy atom. The number of thioether (sulfide) groups is 1. The van der Waals surface area contributed by atoms with Gasteiger partial charge in [-0.3, -0.25) is 4.79 Å². The molecule has 0 aromatic heterocycles. The first-order chi connectivity index (χ1) is 7.65. The summed E-state index contributed by atoms with van der Waals surface area (Å²) in [6, 6.07) is 7.43. The molecule has 1 aliphatic carbocycles. The van der Waals surface area contributed by atoms with Crippen LogP contribution in [-0.4, -0.2) is 23.5 Å². The molecular formula is C12H14BrNOS. The summed E-state index contributed by atoms with van der Waals surface area (Å²) in [6.45, 7) is 0.781. The fourth-order valence-electron chi connectivity index (χ4n) is 1.54. The Labute approximate surface area is 108 Å². The van der Waals surface area contributed by atoms with E-state index in [0.717, 1.165) is 16.6 Å². The Kier molecular flexibility index (Phi) is 3.60.